The lowest BCUT2D eigenvalue weighted by Crippen LogP contribution is -2.16. The van der Waals surface area contributed by atoms with Crippen molar-refractivity contribution < 1.29 is 13.2 Å². The Bertz CT molecular complexity index is 483. The van der Waals surface area contributed by atoms with E-state index in [-0.39, 0.29) is 11.7 Å². The minimum Gasteiger partial charge on any atom is -0.493 e. The molecule has 3 nitrogen and oxygen atoms in total. The molecule has 0 aliphatic rings. The lowest BCUT2D eigenvalue weighted by atomic mass is 10.1. The lowest BCUT2D eigenvalue weighted by molar-refractivity contribution is 0.272. The Hall–Kier alpha value is -0.740. The van der Waals surface area contributed by atoms with Gasteiger partial charge in [0.05, 0.1) is 12.4 Å². The molecule has 0 radical (unpaired) electrons. The zero-order valence-electron chi connectivity index (χ0n) is 10.2. The van der Waals surface area contributed by atoms with E-state index in [4.69, 9.17) is 15.4 Å². The number of hydrogen-bond donors (Lipinski definition) is 0. The van der Waals surface area contributed by atoms with E-state index in [2.05, 4.69) is 0 Å². The first-order valence-corrected chi connectivity index (χ1v) is 7.88. The van der Waals surface area contributed by atoms with E-state index in [0.29, 0.717) is 6.61 Å². The van der Waals surface area contributed by atoms with Crippen LogP contribution in [0.4, 0.5) is 0 Å². The van der Waals surface area contributed by atoms with Gasteiger partial charge < -0.3 is 4.74 Å². The van der Waals surface area contributed by atoms with Crippen molar-refractivity contribution in [2.75, 3.05) is 12.4 Å². The van der Waals surface area contributed by atoms with Gasteiger partial charge in [0.25, 0.3) is 0 Å². The van der Waals surface area contributed by atoms with Crippen LogP contribution in [0.25, 0.3) is 0 Å². The summed E-state index contributed by atoms with van der Waals surface area (Å²) in [5, 5.41) is 0. The molecule has 0 aromatic heterocycles. The SMILES string of the molecule is Cc1ccc(OCC(C)CS(=O)(=O)Cl)cc1C. The molecule has 5 heteroatoms. The molecule has 0 bridgehead atoms. The molecule has 0 heterocycles. The summed E-state index contributed by atoms with van der Waals surface area (Å²) in [6.07, 6.45) is 0. The zero-order chi connectivity index (χ0) is 13.1. The maximum atomic E-state index is 10.9. The van der Waals surface area contributed by atoms with Gasteiger partial charge in [-0.25, -0.2) is 8.42 Å². The van der Waals surface area contributed by atoms with Gasteiger partial charge in [0.1, 0.15) is 5.75 Å². The summed E-state index contributed by atoms with van der Waals surface area (Å²) in [6.45, 7) is 6.17. The smallest absolute Gasteiger partial charge is 0.232 e. The van der Waals surface area contributed by atoms with Crippen molar-refractivity contribution in [1.29, 1.82) is 0 Å². The molecule has 1 atom stereocenters. The molecular weight excluding hydrogens is 260 g/mol. The Morgan fingerprint density at radius 1 is 1.29 bits per heavy atom. The highest BCUT2D eigenvalue weighted by molar-refractivity contribution is 8.13. The fourth-order valence-corrected chi connectivity index (χ4v) is 2.85. The van der Waals surface area contributed by atoms with Crippen LogP contribution in [0, 0.1) is 19.8 Å². The molecule has 0 amide bonds. The van der Waals surface area contributed by atoms with Gasteiger partial charge in [-0.15, -0.1) is 0 Å². The highest BCUT2D eigenvalue weighted by Crippen LogP contribution is 2.17. The van der Waals surface area contributed by atoms with E-state index in [1.807, 2.05) is 32.0 Å². The monoisotopic (exact) mass is 276 g/mol. The van der Waals surface area contributed by atoms with E-state index >= 15 is 0 Å². The molecule has 0 spiro atoms. The van der Waals surface area contributed by atoms with Crippen LogP contribution in [-0.4, -0.2) is 20.8 Å². The molecule has 1 unspecified atom stereocenters. The summed E-state index contributed by atoms with van der Waals surface area (Å²) in [4.78, 5) is 0. The highest BCUT2D eigenvalue weighted by atomic mass is 35.7. The van der Waals surface area contributed by atoms with Gasteiger partial charge in [0.15, 0.2) is 0 Å². The summed E-state index contributed by atoms with van der Waals surface area (Å²) in [5.41, 5.74) is 2.36. The number of ether oxygens (including phenoxy) is 1. The van der Waals surface area contributed by atoms with Crippen LogP contribution in [0.2, 0.25) is 0 Å². The van der Waals surface area contributed by atoms with Crippen molar-refractivity contribution in [3.63, 3.8) is 0 Å². The minimum atomic E-state index is -3.45. The first kappa shape index (κ1) is 14.3. The number of hydrogen-bond acceptors (Lipinski definition) is 3. The maximum absolute atomic E-state index is 10.9. The number of benzene rings is 1. The molecular formula is C12H17ClO3S. The predicted molar refractivity (Wildman–Crippen MR) is 70.2 cm³/mol. The van der Waals surface area contributed by atoms with Crippen LogP contribution >= 0.6 is 10.7 Å². The molecule has 1 aromatic carbocycles. The van der Waals surface area contributed by atoms with Crippen LogP contribution in [-0.2, 0) is 9.05 Å². The summed E-state index contributed by atoms with van der Waals surface area (Å²) in [5.74, 6) is 0.561. The van der Waals surface area contributed by atoms with Crippen molar-refractivity contribution in [2.45, 2.75) is 20.8 Å². The Kier molecular flexibility index (Phi) is 4.83. The van der Waals surface area contributed by atoms with Gasteiger partial charge >= 0.3 is 0 Å². The van der Waals surface area contributed by atoms with Crippen molar-refractivity contribution in [3.05, 3.63) is 29.3 Å². The zero-order valence-corrected chi connectivity index (χ0v) is 11.8. The van der Waals surface area contributed by atoms with Crippen molar-refractivity contribution in [3.8, 4) is 5.75 Å². The third-order valence-corrected chi connectivity index (χ3v) is 3.84. The Balaban J connectivity index is 2.53. The molecule has 96 valence electrons. The van der Waals surface area contributed by atoms with Crippen molar-refractivity contribution in [2.24, 2.45) is 5.92 Å². The number of rotatable bonds is 5. The quantitative estimate of drug-likeness (QED) is 0.777. The van der Waals surface area contributed by atoms with Gasteiger partial charge in [-0.05, 0) is 37.1 Å². The summed E-state index contributed by atoms with van der Waals surface area (Å²) < 4.78 is 27.2. The second kappa shape index (κ2) is 5.74. The minimum absolute atomic E-state index is 0.0700. The second-order valence-electron chi connectivity index (χ2n) is 4.37. The van der Waals surface area contributed by atoms with Crippen LogP contribution in [0.15, 0.2) is 18.2 Å². The molecule has 0 aliphatic heterocycles. The average Bonchev–Trinajstić information content (AvgIpc) is 2.17. The van der Waals surface area contributed by atoms with E-state index < -0.39 is 9.05 Å². The van der Waals surface area contributed by atoms with Crippen molar-refractivity contribution >= 4 is 19.7 Å². The van der Waals surface area contributed by atoms with Gasteiger partial charge in [0, 0.05) is 16.6 Å². The predicted octanol–water partition coefficient (Wildman–Crippen LogP) is 2.89. The topological polar surface area (TPSA) is 43.4 Å². The summed E-state index contributed by atoms with van der Waals surface area (Å²) in [6, 6.07) is 5.80. The van der Waals surface area contributed by atoms with E-state index in [1.54, 1.807) is 6.92 Å². The molecule has 17 heavy (non-hydrogen) atoms. The Morgan fingerprint density at radius 3 is 2.47 bits per heavy atom. The summed E-state index contributed by atoms with van der Waals surface area (Å²) in [7, 11) is 1.72. The Morgan fingerprint density at radius 2 is 1.94 bits per heavy atom. The average molecular weight is 277 g/mol. The largest absolute Gasteiger partial charge is 0.493 e. The molecule has 1 aromatic rings. The van der Waals surface area contributed by atoms with Crippen LogP contribution < -0.4 is 4.74 Å². The van der Waals surface area contributed by atoms with Crippen LogP contribution in [0.5, 0.6) is 5.75 Å². The van der Waals surface area contributed by atoms with Gasteiger partial charge in [0.2, 0.25) is 9.05 Å². The van der Waals surface area contributed by atoms with E-state index in [0.717, 1.165) is 11.3 Å². The molecule has 1 rings (SSSR count). The first-order valence-electron chi connectivity index (χ1n) is 5.40. The van der Waals surface area contributed by atoms with Crippen molar-refractivity contribution in [1.82, 2.24) is 0 Å². The lowest BCUT2D eigenvalue weighted by Gasteiger charge is -2.12. The fraction of sp³-hybridized carbons (Fsp3) is 0.500. The van der Waals surface area contributed by atoms with Gasteiger partial charge in [-0.2, -0.15) is 0 Å². The van der Waals surface area contributed by atoms with E-state index in [9.17, 15) is 8.42 Å². The van der Waals surface area contributed by atoms with Gasteiger partial charge in [-0.3, -0.25) is 0 Å². The standard InChI is InChI=1S/C12H17ClO3S/c1-9(8-17(13,14)15)7-16-12-5-4-10(2)11(3)6-12/h4-6,9H,7-8H2,1-3H3. The van der Waals surface area contributed by atoms with E-state index in [1.165, 1.54) is 5.56 Å². The fourth-order valence-electron chi connectivity index (χ4n) is 1.43. The van der Waals surface area contributed by atoms with Crippen LogP contribution in [0.1, 0.15) is 18.1 Å². The van der Waals surface area contributed by atoms with Crippen LogP contribution in [0.3, 0.4) is 0 Å². The molecule has 0 fully saturated rings. The number of aryl methyl sites for hydroxylation is 2. The normalized spacial score (nSPS) is 13.4. The molecule has 0 N–H and O–H groups in total. The molecule has 0 saturated carbocycles. The summed E-state index contributed by atoms with van der Waals surface area (Å²) >= 11 is 0. The van der Waals surface area contributed by atoms with Gasteiger partial charge in [-0.1, -0.05) is 13.0 Å². The number of halogens is 1. The third kappa shape index (κ3) is 5.41. The molecule has 0 saturated heterocycles. The maximum Gasteiger partial charge on any atom is 0.232 e. The first-order chi connectivity index (χ1) is 7.78. The highest BCUT2D eigenvalue weighted by Gasteiger charge is 2.13. The second-order valence-corrected chi connectivity index (χ2v) is 7.19. The molecule has 0 aliphatic carbocycles. The third-order valence-electron chi connectivity index (χ3n) is 2.50. The Labute approximate surface area is 107 Å².